The maximum atomic E-state index is 5.47. The van der Waals surface area contributed by atoms with Gasteiger partial charge in [-0.25, -0.2) is 0 Å². The van der Waals surface area contributed by atoms with Crippen molar-refractivity contribution in [3.63, 3.8) is 0 Å². The van der Waals surface area contributed by atoms with Crippen molar-refractivity contribution in [1.82, 2.24) is 5.32 Å². The van der Waals surface area contributed by atoms with Crippen molar-refractivity contribution in [1.29, 1.82) is 0 Å². The third kappa shape index (κ3) is 3.24. The molecule has 1 saturated heterocycles. The second-order valence-corrected chi connectivity index (χ2v) is 5.02. The van der Waals surface area contributed by atoms with E-state index in [1.54, 1.807) is 7.11 Å². The first-order chi connectivity index (χ1) is 8.70. The van der Waals surface area contributed by atoms with Crippen LogP contribution in [0.5, 0.6) is 5.75 Å². The number of aryl methyl sites for hydroxylation is 1. The number of hydrogen-bond acceptors (Lipinski definition) is 3. The summed E-state index contributed by atoms with van der Waals surface area (Å²) in [5.41, 5.74) is 2.46. The molecule has 0 saturated carbocycles. The molecule has 1 aliphatic heterocycles. The average Bonchev–Trinajstić information content (AvgIpc) is 2.39. The molecular formula is C15H23NO2. The Bertz CT molecular complexity index is 386. The molecule has 1 heterocycles. The van der Waals surface area contributed by atoms with Crippen molar-refractivity contribution in [2.24, 2.45) is 0 Å². The second kappa shape index (κ2) is 6.21. The van der Waals surface area contributed by atoms with Gasteiger partial charge in [0.05, 0.1) is 7.11 Å². The van der Waals surface area contributed by atoms with Gasteiger partial charge < -0.3 is 14.8 Å². The Morgan fingerprint density at radius 1 is 1.33 bits per heavy atom. The Balaban J connectivity index is 2.05. The van der Waals surface area contributed by atoms with E-state index in [0.717, 1.165) is 31.8 Å². The maximum Gasteiger partial charge on any atom is 0.123 e. The summed E-state index contributed by atoms with van der Waals surface area (Å²) >= 11 is 0. The quantitative estimate of drug-likeness (QED) is 0.890. The lowest BCUT2D eigenvalue weighted by atomic mass is 10.0. The van der Waals surface area contributed by atoms with Gasteiger partial charge in [0.25, 0.3) is 0 Å². The highest BCUT2D eigenvalue weighted by molar-refractivity contribution is 5.39. The number of ether oxygens (including phenoxy) is 2. The molecule has 1 N–H and O–H groups in total. The van der Waals surface area contributed by atoms with Crippen molar-refractivity contribution in [3.8, 4) is 5.75 Å². The van der Waals surface area contributed by atoms with Gasteiger partial charge in [0, 0.05) is 30.9 Å². The van der Waals surface area contributed by atoms with E-state index in [2.05, 4.69) is 37.4 Å². The van der Waals surface area contributed by atoms with Gasteiger partial charge in [-0.15, -0.1) is 0 Å². The molecule has 1 atom stereocenters. The molecule has 2 rings (SSSR count). The molecule has 18 heavy (non-hydrogen) atoms. The zero-order chi connectivity index (χ0) is 13.0. The van der Waals surface area contributed by atoms with Crippen molar-refractivity contribution in [2.45, 2.75) is 38.8 Å². The summed E-state index contributed by atoms with van der Waals surface area (Å²) in [6.45, 7) is 6.02. The highest BCUT2D eigenvalue weighted by atomic mass is 16.5. The molecule has 1 fully saturated rings. The smallest absolute Gasteiger partial charge is 0.123 e. The van der Waals surface area contributed by atoms with Gasteiger partial charge in [-0.05, 0) is 38.3 Å². The largest absolute Gasteiger partial charge is 0.496 e. The monoisotopic (exact) mass is 249 g/mol. The Morgan fingerprint density at radius 3 is 2.72 bits per heavy atom. The molecule has 0 radical (unpaired) electrons. The fraction of sp³-hybridized carbons (Fsp3) is 0.600. The first kappa shape index (κ1) is 13.4. The van der Waals surface area contributed by atoms with E-state index in [0.29, 0.717) is 12.1 Å². The molecule has 0 aliphatic carbocycles. The summed E-state index contributed by atoms with van der Waals surface area (Å²) in [6, 6.07) is 7.26. The van der Waals surface area contributed by atoms with E-state index in [4.69, 9.17) is 9.47 Å². The molecule has 0 spiro atoms. The van der Waals surface area contributed by atoms with Gasteiger partial charge in [-0.1, -0.05) is 12.1 Å². The molecule has 1 aliphatic rings. The Labute approximate surface area is 109 Å². The van der Waals surface area contributed by atoms with Gasteiger partial charge in [0.1, 0.15) is 5.75 Å². The van der Waals surface area contributed by atoms with Crippen LogP contribution in [-0.2, 0) is 4.74 Å². The molecule has 0 amide bonds. The van der Waals surface area contributed by atoms with Gasteiger partial charge >= 0.3 is 0 Å². The summed E-state index contributed by atoms with van der Waals surface area (Å²) < 4.78 is 10.9. The van der Waals surface area contributed by atoms with E-state index >= 15 is 0 Å². The van der Waals surface area contributed by atoms with Crippen LogP contribution in [0.15, 0.2) is 18.2 Å². The predicted molar refractivity (Wildman–Crippen MR) is 73.1 cm³/mol. The minimum atomic E-state index is 0.309. The highest BCUT2D eigenvalue weighted by Crippen LogP contribution is 2.27. The van der Waals surface area contributed by atoms with E-state index in [1.807, 2.05) is 0 Å². The lowest BCUT2D eigenvalue weighted by Crippen LogP contribution is -2.36. The van der Waals surface area contributed by atoms with Crippen LogP contribution in [0.1, 0.15) is 36.9 Å². The van der Waals surface area contributed by atoms with Crippen LogP contribution in [0.3, 0.4) is 0 Å². The summed E-state index contributed by atoms with van der Waals surface area (Å²) in [6.07, 6.45) is 2.19. The fourth-order valence-corrected chi connectivity index (χ4v) is 2.48. The molecule has 1 aromatic carbocycles. The molecule has 3 nitrogen and oxygen atoms in total. The number of hydrogen-bond donors (Lipinski definition) is 1. The van der Waals surface area contributed by atoms with Crippen LogP contribution in [0.4, 0.5) is 0 Å². The predicted octanol–water partition coefficient (Wildman–Crippen LogP) is 2.83. The fourth-order valence-electron chi connectivity index (χ4n) is 2.48. The van der Waals surface area contributed by atoms with Crippen LogP contribution < -0.4 is 10.1 Å². The molecule has 0 aromatic heterocycles. The number of methoxy groups -OCH3 is 1. The summed E-state index contributed by atoms with van der Waals surface area (Å²) in [4.78, 5) is 0. The third-order valence-electron chi connectivity index (χ3n) is 3.56. The van der Waals surface area contributed by atoms with Crippen LogP contribution >= 0.6 is 0 Å². The van der Waals surface area contributed by atoms with E-state index in [9.17, 15) is 0 Å². The van der Waals surface area contributed by atoms with E-state index in [1.165, 1.54) is 11.1 Å². The number of rotatable bonds is 4. The standard InChI is InChI=1S/C15H23NO2/c1-11-4-5-14(15(10-11)17-3)12(2)16-13-6-8-18-9-7-13/h4-5,10,12-13,16H,6-9H2,1-3H3. The molecule has 100 valence electrons. The number of nitrogens with one attached hydrogen (secondary N) is 1. The zero-order valence-corrected chi connectivity index (χ0v) is 11.5. The van der Waals surface area contributed by atoms with Gasteiger partial charge in [-0.2, -0.15) is 0 Å². The van der Waals surface area contributed by atoms with Crippen LogP contribution in [0, 0.1) is 6.92 Å². The minimum Gasteiger partial charge on any atom is -0.496 e. The van der Waals surface area contributed by atoms with E-state index < -0.39 is 0 Å². The zero-order valence-electron chi connectivity index (χ0n) is 11.5. The van der Waals surface area contributed by atoms with Crippen molar-refractivity contribution < 1.29 is 9.47 Å². The summed E-state index contributed by atoms with van der Waals surface area (Å²) in [5.74, 6) is 0.974. The topological polar surface area (TPSA) is 30.5 Å². The maximum absolute atomic E-state index is 5.47. The summed E-state index contributed by atoms with van der Waals surface area (Å²) in [7, 11) is 1.74. The van der Waals surface area contributed by atoms with Gasteiger partial charge in [0.15, 0.2) is 0 Å². The molecule has 0 bridgehead atoms. The van der Waals surface area contributed by atoms with E-state index in [-0.39, 0.29) is 0 Å². The van der Waals surface area contributed by atoms with Crippen molar-refractivity contribution >= 4 is 0 Å². The van der Waals surface area contributed by atoms with Crippen LogP contribution in [-0.4, -0.2) is 26.4 Å². The first-order valence-electron chi connectivity index (χ1n) is 6.69. The molecule has 1 unspecified atom stereocenters. The highest BCUT2D eigenvalue weighted by Gasteiger charge is 2.18. The normalized spacial score (nSPS) is 18.6. The van der Waals surface area contributed by atoms with Crippen LogP contribution in [0.2, 0.25) is 0 Å². The molecule has 1 aromatic rings. The Kier molecular flexibility index (Phi) is 4.61. The Hall–Kier alpha value is -1.06. The van der Waals surface area contributed by atoms with Gasteiger partial charge in [-0.3, -0.25) is 0 Å². The minimum absolute atomic E-state index is 0.309. The Morgan fingerprint density at radius 2 is 2.06 bits per heavy atom. The lowest BCUT2D eigenvalue weighted by Gasteiger charge is -2.27. The van der Waals surface area contributed by atoms with Crippen molar-refractivity contribution in [2.75, 3.05) is 20.3 Å². The number of benzene rings is 1. The third-order valence-corrected chi connectivity index (χ3v) is 3.56. The molecular weight excluding hydrogens is 226 g/mol. The van der Waals surface area contributed by atoms with Crippen LogP contribution in [0.25, 0.3) is 0 Å². The first-order valence-corrected chi connectivity index (χ1v) is 6.69. The van der Waals surface area contributed by atoms with Gasteiger partial charge in [0.2, 0.25) is 0 Å². The SMILES string of the molecule is COc1cc(C)ccc1C(C)NC1CCOCC1. The molecule has 3 heteroatoms. The second-order valence-electron chi connectivity index (χ2n) is 5.02. The average molecular weight is 249 g/mol. The lowest BCUT2D eigenvalue weighted by molar-refractivity contribution is 0.0754. The van der Waals surface area contributed by atoms with Crippen molar-refractivity contribution in [3.05, 3.63) is 29.3 Å². The summed E-state index contributed by atoms with van der Waals surface area (Å²) in [5, 5.41) is 3.67.